The molecule has 3 atom stereocenters. The highest BCUT2D eigenvalue weighted by atomic mass is 19.1. The van der Waals surface area contributed by atoms with Crippen LogP contribution < -0.4 is 5.73 Å². The number of nitrogens with zero attached hydrogens (tertiary/aromatic N) is 1. The first-order valence-electron chi connectivity index (χ1n) is 5.85. The first kappa shape index (κ1) is 10.4. The van der Waals surface area contributed by atoms with E-state index >= 15 is 0 Å². The van der Waals surface area contributed by atoms with E-state index in [1.807, 2.05) is 0 Å². The Bertz CT molecular complexity index is 186. The average Bonchev–Trinajstić information content (AvgIpc) is 2.59. The molecule has 3 heteroatoms. The summed E-state index contributed by atoms with van der Waals surface area (Å²) in [6.45, 7) is 3.03. The van der Waals surface area contributed by atoms with Gasteiger partial charge in [-0.25, -0.2) is 0 Å². The summed E-state index contributed by atoms with van der Waals surface area (Å²) in [7, 11) is 0. The van der Waals surface area contributed by atoms with E-state index in [0.717, 1.165) is 19.0 Å². The highest BCUT2D eigenvalue weighted by Crippen LogP contribution is 2.35. The van der Waals surface area contributed by atoms with Crippen molar-refractivity contribution in [3.63, 3.8) is 0 Å². The molecule has 2 fully saturated rings. The molecular weight excluding hydrogens is 179 g/mol. The molecule has 0 aromatic heterocycles. The fourth-order valence-corrected chi connectivity index (χ4v) is 3.07. The van der Waals surface area contributed by atoms with Crippen LogP contribution in [-0.2, 0) is 0 Å². The minimum absolute atomic E-state index is 0.183. The van der Waals surface area contributed by atoms with Crippen molar-refractivity contribution >= 4 is 0 Å². The molecule has 3 unspecified atom stereocenters. The number of alkyl halides is 1. The molecule has 0 spiro atoms. The minimum Gasteiger partial charge on any atom is -0.327 e. The maximum absolute atomic E-state index is 12.0. The number of fused-ring (bicyclic) bond motifs is 1. The number of rotatable bonds is 3. The summed E-state index contributed by atoms with van der Waals surface area (Å²) >= 11 is 0. The van der Waals surface area contributed by atoms with Crippen molar-refractivity contribution in [3.05, 3.63) is 0 Å². The molecule has 0 amide bonds. The van der Waals surface area contributed by atoms with Gasteiger partial charge >= 0.3 is 0 Å². The molecule has 0 radical (unpaired) electrons. The van der Waals surface area contributed by atoms with Crippen LogP contribution in [0.3, 0.4) is 0 Å². The summed E-state index contributed by atoms with van der Waals surface area (Å²) < 4.78 is 12.0. The molecule has 1 saturated heterocycles. The van der Waals surface area contributed by atoms with E-state index < -0.39 is 0 Å². The van der Waals surface area contributed by atoms with Crippen LogP contribution >= 0.6 is 0 Å². The maximum Gasteiger partial charge on any atom is 0.0906 e. The Balaban J connectivity index is 1.84. The predicted molar refractivity (Wildman–Crippen MR) is 55.8 cm³/mol. The molecule has 2 N–H and O–H groups in total. The topological polar surface area (TPSA) is 29.3 Å². The lowest BCUT2D eigenvalue weighted by atomic mass is 9.78. The van der Waals surface area contributed by atoms with Gasteiger partial charge in [0.15, 0.2) is 0 Å². The van der Waals surface area contributed by atoms with Crippen molar-refractivity contribution in [1.29, 1.82) is 0 Å². The Morgan fingerprint density at radius 3 is 2.86 bits per heavy atom. The van der Waals surface area contributed by atoms with Crippen LogP contribution in [0.5, 0.6) is 0 Å². The first-order valence-corrected chi connectivity index (χ1v) is 5.85. The van der Waals surface area contributed by atoms with Gasteiger partial charge in [-0.2, -0.15) is 0 Å². The van der Waals surface area contributed by atoms with Gasteiger partial charge in [0.1, 0.15) is 0 Å². The summed E-state index contributed by atoms with van der Waals surface area (Å²) in [5.74, 6) is 1.50. The molecule has 0 aromatic rings. The SMILES string of the molecule is NC1CCCC2CN(CCCF)CC12. The molecule has 1 aliphatic heterocycles. The molecule has 82 valence electrons. The van der Waals surface area contributed by atoms with Crippen molar-refractivity contribution in [2.75, 3.05) is 26.3 Å². The van der Waals surface area contributed by atoms with Crippen LogP contribution in [0.2, 0.25) is 0 Å². The number of hydrogen-bond acceptors (Lipinski definition) is 2. The summed E-state index contributed by atoms with van der Waals surface area (Å²) in [5, 5.41) is 0. The average molecular weight is 200 g/mol. The van der Waals surface area contributed by atoms with Gasteiger partial charge in [-0.15, -0.1) is 0 Å². The Kier molecular flexibility index (Phi) is 3.39. The summed E-state index contributed by atoms with van der Waals surface area (Å²) in [6, 6.07) is 0.407. The molecule has 2 aliphatic rings. The zero-order chi connectivity index (χ0) is 9.97. The Hall–Kier alpha value is -0.150. The number of hydrogen-bond donors (Lipinski definition) is 1. The molecule has 0 bridgehead atoms. The summed E-state index contributed by atoms with van der Waals surface area (Å²) in [6.07, 6.45) is 4.51. The lowest BCUT2D eigenvalue weighted by molar-refractivity contribution is 0.259. The predicted octanol–water partition coefficient (Wildman–Crippen LogP) is 1.41. The molecule has 1 aliphatic carbocycles. The van der Waals surface area contributed by atoms with Crippen LogP contribution in [0.25, 0.3) is 0 Å². The Morgan fingerprint density at radius 1 is 1.29 bits per heavy atom. The van der Waals surface area contributed by atoms with Gasteiger partial charge in [0.25, 0.3) is 0 Å². The van der Waals surface area contributed by atoms with Gasteiger partial charge in [0, 0.05) is 25.7 Å². The summed E-state index contributed by atoms with van der Waals surface area (Å²) in [5.41, 5.74) is 6.11. The number of nitrogens with two attached hydrogens (primary N) is 1. The smallest absolute Gasteiger partial charge is 0.0906 e. The zero-order valence-corrected chi connectivity index (χ0v) is 8.79. The number of likely N-dealkylation sites (tertiary alicyclic amines) is 1. The first-order chi connectivity index (χ1) is 6.81. The second-order valence-corrected chi connectivity index (χ2v) is 4.82. The zero-order valence-electron chi connectivity index (χ0n) is 8.79. The van der Waals surface area contributed by atoms with Crippen LogP contribution in [0.15, 0.2) is 0 Å². The second-order valence-electron chi connectivity index (χ2n) is 4.82. The van der Waals surface area contributed by atoms with Crippen LogP contribution in [0.4, 0.5) is 4.39 Å². The lowest BCUT2D eigenvalue weighted by Gasteiger charge is -2.29. The fraction of sp³-hybridized carbons (Fsp3) is 1.00. The minimum atomic E-state index is -0.183. The van der Waals surface area contributed by atoms with E-state index in [-0.39, 0.29) is 6.67 Å². The largest absolute Gasteiger partial charge is 0.327 e. The lowest BCUT2D eigenvalue weighted by Crippen LogP contribution is -2.38. The van der Waals surface area contributed by atoms with E-state index in [1.54, 1.807) is 0 Å². The van der Waals surface area contributed by atoms with Gasteiger partial charge in [0.05, 0.1) is 6.67 Å². The van der Waals surface area contributed by atoms with E-state index in [1.165, 1.54) is 25.8 Å². The monoisotopic (exact) mass is 200 g/mol. The third kappa shape index (κ3) is 2.09. The molecule has 1 saturated carbocycles. The third-order valence-electron chi connectivity index (χ3n) is 3.84. The van der Waals surface area contributed by atoms with Crippen molar-refractivity contribution in [2.45, 2.75) is 31.7 Å². The van der Waals surface area contributed by atoms with Gasteiger partial charge in [-0.05, 0) is 31.1 Å². The normalized spacial score (nSPS) is 38.6. The quantitative estimate of drug-likeness (QED) is 0.746. The molecule has 2 rings (SSSR count). The van der Waals surface area contributed by atoms with Gasteiger partial charge in [0.2, 0.25) is 0 Å². The highest BCUT2D eigenvalue weighted by molar-refractivity contribution is 4.92. The van der Waals surface area contributed by atoms with Crippen molar-refractivity contribution < 1.29 is 4.39 Å². The van der Waals surface area contributed by atoms with Gasteiger partial charge in [-0.3, -0.25) is 4.39 Å². The van der Waals surface area contributed by atoms with Gasteiger partial charge in [-0.1, -0.05) is 6.42 Å². The maximum atomic E-state index is 12.0. The van der Waals surface area contributed by atoms with Crippen molar-refractivity contribution in [1.82, 2.24) is 4.90 Å². The van der Waals surface area contributed by atoms with Crippen molar-refractivity contribution in [3.8, 4) is 0 Å². The molecule has 1 heterocycles. The van der Waals surface area contributed by atoms with E-state index in [4.69, 9.17) is 5.73 Å². The molecule has 0 aromatic carbocycles. The molecular formula is C11H21FN2. The van der Waals surface area contributed by atoms with Gasteiger partial charge < -0.3 is 10.6 Å². The Morgan fingerprint density at radius 2 is 2.14 bits per heavy atom. The molecule has 14 heavy (non-hydrogen) atoms. The van der Waals surface area contributed by atoms with Crippen LogP contribution in [-0.4, -0.2) is 37.3 Å². The van der Waals surface area contributed by atoms with E-state index in [2.05, 4.69) is 4.90 Å². The van der Waals surface area contributed by atoms with E-state index in [0.29, 0.717) is 18.4 Å². The number of halogens is 1. The van der Waals surface area contributed by atoms with Crippen LogP contribution in [0, 0.1) is 11.8 Å². The standard InChI is InChI=1S/C11H21FN2/c12-5-2-6-14-7-9-3-1-4-11(13)10(9)8-14/h9-11H,1-8,13H2. The summed E-state index contributed by atoms with van der Waals surface area (Å²) in [4.78, 5) is 2.40. The highest BCUT2D eigenvalue weighted by Gasteiger charge is 2.38. The third-order valence-corrected chi connectivity index (χ3v) is 3.84. The second kappa shape index (κ2) is 4.58. The molecule has 2 nitrogen and oxygen atoms in total. The van der Waals surface area contributed by atoms with Crippen LogP contribution in [0.1, 0.15) is 25.7 Å². The Labute approximate surface area is 85.6 Å². The van der Waals surface area contributed by atoms with Crippen molar-refractivity contribution in [2.24, 2.45) is 17.6 Å². The van der Waals surface area contributed by atoms with E-state index in [9.17, 15) is 4.39 Å². The fourth-order valence-electron chi connectivity index (χ4n) is 3.07.